The molecular formula is C12H19ClN2. The molecule has 0 aromatic carbocycles. The van der Waals surface area contributed by atoms with Crippen LogP contribution in [0.4, 0.5) is 0 Å². The van der Waals surface area contributed by atoms with E-state index in [1.54, 1.807) is 16.9 Å². The first-order valence-corrected chi connectivity index (χ1v) is 5.74. The van der Waals surface area contributed by atoms with Crippen LogP contribution in [0.2, 0.25) is 5.02 Å². The summed E-state index contributed by atoms with van der Waals surface area (Å²) in [6, 6.07) is 3.87. The Morgan fingerprint density at radius 1 is 1.20 bits per heavy atom. The van der Waals surface area contributed by atoms with Crippen LogP contribution in [0.15, 0.2) is 24.5 Å². The Balaban J connectivity index is 0.000000442. The maximum Gasteiger partial charge on any atom is 0.0691 e. The van der Waals surface area contributed by atoms with Crippen LogP contribution in [0.5, 0.6) is 0 Å². The number of aromatic nitrogens is 2. The van der Waals surface area contributed by atoms with Crippen LogP contribution in [-0.4, -0.2) is 9.61 Å². The Kier molecular flexibility index (Phi) is 6.80. The zero-order chi connectivity index (χ0) is 11.8. The molecule has 2 nitrogen and oxygen atoms in total. The van der Waals surface area contributed by atoms with Gasteiger partial charge in [-0.15, -0.1) is 0 Å². The van der Waals surface area contributed by atoms with Gasteiger partial charge in [0.05, 0.1) is 10.5 Å². The number of aryl methyl sites for hydroxylation is 1. The monoisotopic (exact) mass is 226 g/mol. The molecule has 2 rings (SSSR count). The van der Waals surface area contributed by atoms with Gasteiger partial charge in [0.1, 0.15) is 0 Å². The normalized spacial score (nSPS) is 8.67. The van der Waals surface area contributed by atoms with Crippen LogP contribution in [0.25, 0.3) is 5.52 Å². The molecule has 0 amide bonds. The predicted molar refractivity (Wildman–Crippen MR) is 67.6 cm³/mol. The van der Waals surface area contributed by atoms with Gasteiger partial charge in [-0.1, -0.05) is 39.3 Å². The molecule has 0 aliphatic carbocycles. The topological polar surface area (TPSA) is 17.3 Å². The van der Waals surface area contributed by atoms with Crippen LogP contribution in [-0.2, 0) is 0 Å². The Bertz CT molecular complexity index is 393. The van der Waals surface area contributed by atoms with Gasteiger partial charge in [-0.3, -0.25) is 0 Å². The Morgan fingerprint density at radius 2 is 1.80 bits per heavy atom. The third kappa shape index (κ3) is 3.56. The molecule has 0 aliphatic rings. The average molecular weight is 227 g/mol. The molecular weight excluding hydrogens is 208 g/mol. The smallest absolute Gasteiger partial charge is 0.0691 e. The summed E-state index contributed by atoms with van der Waals surface area (Å²) < 4.78 is 1.78. The minimum Gasteiger partial charge on any atom is -0.239 e. The number of rotatable bonds is 0. The van der Waals surface area contributed by atoms with Crippen molar-refractivity contribution < 1.29 is 0 Å². The average Bonchev–Trinajstić information content (AvgIpc) is 2.66. The second-order valence-electron chi connectivity index (χ2n) is 2.50. The van der Waals surface area contributed by atoms with E-state index in [0.29, 0.717) is 0 Å². The highest BCUT2D eigenvalue weighted by atomic mass is 35.5. The van der Waals surface area contributed by atoms with E-state index in [-0.39, 0.29) is 0 Å². The molecule has 0 spiro atoms. The van der Waals surface area contributed by atoms with Crippen LogP contribution >= 0.6 is 11.6 Å². The first-order valence-electron chi connectivity index (χ1n) is 5.37. The summed E-state index contributed by atoms with van der Waals surface area (Å²) in [6.07, 6.45) is 3.56. The van der Waals surface area contributed by atoms with Gasteiger partial charge in [0.25, 0.3) is 0 Å². The molecule has 0 atom stereocenters. The third-order valence-electron chi connectivity index (χ3n) is 1.69. The van der Waals surface area contributed by atoms with Crippen LogP contribution in [0.1, 0.15) is 33.3 Å². The Morgan fingerprint density at radius 3 is 2.33 bits per heavy atom. The summed E-state index contributed by atoms with van der Waals surface area (Å²) in [4.78, 5) is 0. The lowest BCUT2D eigenvalue weighted by atomic mass is 10.3. The van der Waals surface area contributed by atoms with Gasteiger partial charge in [-0.25, -0.2) is 4.52 Å². The molecule has 0 bridgehead atoms. The SMILES string of the molecule is CC.CC.Cc1ccnn2cc(Cl)cc12. The van der Waals surface area contributed by atoms with E-state index in [9.17, 15) is 0 Å². The first kappa shape index (κ1) is 14.0. The van der Waals surface area contributed by atoms with Gasteiger partial charge in [-0.2, -0.15) is 5.10 Å². The zero-order valence-corrected chi connectivity index (χ0v) is 10.8. The fourth-order valence-corrected chi connectivity index (χ4v) is 1.31. The van der Waals surface area contributed by atoms with Crippen molar-refractivity contribution in [2.45, 2.75) is 34.6 Å². The quantitative estimate of drug-likeness (QED) is 0.653. The van der Waals surface area contributed by atoms with Gasteiger partial charge < -0.3 is 0 Å². The maximum atomic E-state index is 5.79. The lowest BCUT2D eigenvalue weighted by molar-refractivity contribution is 0.934. The summed E-state index contributed by atoms with van der Waals surface area (Å²) in [6.45, 7) is 10.0. The molecule has 0 saturated carbocycles. The van der Waals surface area contributed by atoms with E-state index in [0.717, 1.165) is 10.5 Å². The van der Waals surface area contributed by atoms with Crippen LogP contribution in [0.3, 0.4) is 0 Å². The number of hydrogen-bond acceptors (Lipinski definition) is 1. The number of fused-ring (bicyclic) bond motifs is 1. The van der Waals surface area contributed by atoms with E-state index in [4.69, 9.17) is 11.6 Å². The van der Waals surface area contributed by atoms with Crippen molar-refractivity contribution in [3.05, 3.63) is 35.1 Å². The van der Waals surface area contributed by atoms with Gasteiger partial charge in [0.15, 0.2) is 0 Å². The van der Waals surface area contributed by atoms with Crippen molar-refractivity contribution in [1.82, 2.24) is 9.61 Å². The molecule has 0 saturated heterocycles. The highest BCUT2D eigenvalue weighted by molar-refractivity contribution is 6.31. The Labute approximate surface area is 96.9 Å². The van der Waals surface area contributed by atoms with E-state index >= 15 is 0 Å². The number of halogens is 1. The van der Waals surface area contributed by atoms with E-state index in [1.807, 2.05) is 46.8 Å². The molecule has 2 heterocycles. The minimum atomic E-state index is 0.729. The van der Waals surface area contributed by atoms with E-state index in [2.05, 4.69) is 5.10 Å². The predicted octanol–water partition coefficient (Wildman–Crippen LogP) is 4.35. The molecule has 0 unspecified atom stereocenters. The number of nitrogens with zero attached hydrogens (tertiary/aromatic N) is 2. The van der Waals surface area contributed by atoms with E-state index in [1.165, 1.54) is 5.56 Å². The fourth-order valence-electron chi connectivity index (χ4n) is 1.11. The maximum absolute atomic E-state index is 5.79. The second-order valence-corrected chi connectivity index (χ2v) is 2.94. The van der Waals surface area contributed by atoms with Gasteiger partial charge in [0.2, 0.25) is 0 Å². The van der Waals surface area contributed by atoms with Crippen molar-refractivity contribution in [2.24, 2.45) is 0 Å². The molecule has 15 heavy (non-hydrogen) atoms. The zero-order valence-electron chi connectivity index (χ0n) is 10.1. The molecule has 0 N–H and O–H groups in total. The van der Waals surface area contributed by atoms with Gasteiger partial charge in [0, 0.05) is 12.4 Å². The Hall–Kier alpha value is -1.02. The lowest BCUT2D eigenvalue weighted by Crippen LogP contribution is -1.88. The van der Waals surface area contributed by atoms with Gasteiger partial charge >= 0.3 is 0 Å². The first-order chi connectivity index (χ1) is 7.27. The standard InChI is InChI=1S/C8H7ClN2.2C2H6/c1-6-2-3-10-11-5-7(9)4-8(6)11;2*1-2/h2-5H,1H3;2*1-2H3. The second kappa shape index (κ2) is 7.30. The molecule has 0 radical (unpaired) electrons. The summed E-state index contributed by atoms with van der Waals surface area (Å²) in [5.41, 5.74) is 2.25. The van der Waals surface area contributed by atoms with E-state index < -0.39 is 0 Å². The summed E-state index contributed by atoms with van der Waals surface area (Å²) in [5.74, 6) is 0. The number of hydrogen-bond donors (Lipinski definition) is 0. The highest BCUT2D eigenvalue weighted by Gasteiger charge is 1.98. The molecule has 2 aromatic heterocycles. The van der Waals surface area contributed by atoms with Crippen molar-refractivity contribution in [3.8, 4) is 0 Å². The van der Waals surface area contributed by atoms with Crippen LogP contribution < -0.4 is 0 Å². The molecule has 0 fully saturated rings. The van der Waals surface area contributed by atoms with Crippen molar-refractivity contribution in [1.29, 1.82) is 0 Å². The minimum absolute atomic E-state index is 0.729. The van der Waals surface area contributed by atoms with Crippen molar-refractivity contribution >= 4 is 17.1 Å². The third-order valence-corrected chi connectivity index (χ3v) is 1.89. The summed E-state index contributed by atoms with van der Waals surface area (Å²) >= 11 is 5.79. The van der Waals surface area contributed by atoms with Crippen molar-refractivity contribution in [2.75, 3.05) is 0 Å². The van der Waals surface area contributed by atoms with Crippen LogP contribution in [0, 0.1) is 6.92 Å². The lowest BCUT2D eigenvalue weighted by Gasteiger charge is -1.94. The molecule has 0 aliphatic heterocycles. The van der Waals surface area contributed by atoms with Gasteiger partial charge in [-0.05, 0) is 24.6 Å². The molecule has 2 aromatic rings. The largest absolute Gasteiger partial charge is 0.239 e. The summed E-state index contributed by atoms with van der Waals surface area (Å²) in [7, 11) is 0. The highest BCUT2D eigenvalue weighted by Crippen LogP contribution is 2.15. The van der Waals surface area contributed by atoms with Crippen molar-refractivity contribution in [3.63, 3.8) is 0 Å². The molecule has 3 heteroatoms. The molecule has 84 valence electrons. The summed E-state index contributed by atoms with van der Waals surface area (Å²) in [5, 5.41) is 4.82. The fraction of sp³-hybridized carbons (Fsp3) is 0.417.